The molecule has 3 unspecified atom stereocenters. The molecule has 0 spiro atoms. The van der Waals surface area contributed by atoms with Gasteiger partial charge in [-0.2, -0.15) is 0 Å². The second kappa shape index (κ2) is 67.9. The van der Waals surface area contributed by atoms with Crippen molar-refractivity contribution >= 4 is 29.8 Å². The number of phenols is 5. The molecule has 15 heteroatoms. The molecule has 0 bridgehead atoms. The highest BCUT2D eigenvalue weighted by Crippen LogP contribution is 2.48. The first kappa shape index (κ1) is 138. The lowest BCUT2D eigenvalue weighted by Crippen LogP contribution is -2.20. The first-order valence-electron chi connectivity index (χ1n) is 58.9. The number of aryl methyl sites for hydroxylation is 2. The Bertz CT molecular complexity index is 4420. The number of unbranched alkanes of at least 4 members (excludes halogenated alkanes) is 30. The molecule has 0 aromatic heterocycles. The van der Waals surface area contributed by atoms with Crippen LogP contribution in [-0.4, -0.2) is 85.4 Å². The fourth-order valence-electron chi connectivity index (χ4n) is 19.3. The number of carbonyl (C=O) groups excluding carboxylic acids is 3. The Kier molecular flexibility index (Phi) is 63.5. The van der Waals surface area contributed by atoms with Crippen LogP contribution in [0.3, 0.4) is 0 Å². The van der Waals surface area contributed by atoms with Crippen LogP contribution >= 0.6 is 0 Å². The summed E-state index contributed by atoms with van der Waals surface area (Å²) in [6.07, 6.45) is 51.4. The number of aliphatic carboxylic acids is 2. The number of ether oxygens (including phenoxy) is 3. The van der Waals surface area contributed by atoms with Crippen molar-refractivity contribution in [1.29, 1.82) is 0 Å². The summed E-state index contributed by atoms with van der Waals surface area (Å²) in [7, 11) is 0. The van der Waals surface area contributed by atoms with Gasteiger partial charge in [0.25, 0.3) is 0 Å². The fraction of sp³-hybridized carbons (Fsp3) is 0.737. The van der Waals surface area contributed by atoms with E-state index in [2.05, 4.69) is 272 Å². The molecule has 7 N–H and O–H groups in total. The van der Waals surface area contributed by atoms with Gasteiger partial charge in [0.05, 0.1) is 25.7 Å². The lowest BCUT2D eigenvalue weighted by Gasteiger charge is -2.30. The molecule has 0 fully saturated rings. The van der Waals surface area contributed by atoms with E-state index in [4.69, 9.17) is 19.3 Å². The van der Waals surface area contributed by atoms with Crippen LogP contribution in [0.5, 0.6) is 28.7 Å². The van der Waals surface area contributed by atoms with Crippen molar-refractivity contribution in [3.8, 4) is 28.7 Å². The van der Waals surface area contributed by atoms with E-state index in [1.54, 1.807) is 0 Å². The summed E-state index contributed by atoms with van der Waals surface area (Å²) in [5, 5.41) is 73.2. The molecule has 0 heterocycles. The van der Waals surface area contributed by atoms with Gasteiger partial charge in [-0.05, 0) is 207 Å². The minimum atomic E-state index is -0.798. The summed E-state index contributed by atoms with van der Waals surface area (Å²) in [5.74, 6) is 0.345. The highest BCUT2D eigenvalue weighted by molar-refractivity contribution is 5.72. The largest absolute Gasteiger partial charge is 0.507 e. The lowest BCUT2D eigenvalue weighted by atomic mass is 9.76. The Balaban J connectivity index is 0.000000936. The quantitative estimate of drug-likeness (QED) is 0.0109. The molecule has 5 aromatic carbocycles. The average Bonchev–Trinajstić information content (AvgIpc) is 0.783. The third-order valence-corrected chi connectivity index (χ3v) is 28.9. The topological polar surface area (TPSA) is 255 Å². The van der Waals surface area contributed by atoms with Gasteiger partial charge in [-0.25, -0.2) is 0 Å². The number of carboxylic acid groups (broad SMARTS) is 2. The molecular weight excluding hydrogens is 1840 g/mol. The molecule has 5 rings (SSSR count). The van der Waals surface area contributed by atoms with E-state index in [1.807, 2.05) is 38.1 Å². The number of carbonyl (C=O) groups is 5. The van der Waals surface area contributed by atoms with Crippen LogP contribution in [0, 0.1) is 5.92 Å². The molecule has 0 aliphatic heterocycles. The molecular formula is C133H226O15. The van der Waals surface area contributed by atoms with Crippen molar-refractivity contribution in [3.05, 3.63) is 144 Å². The van der Waals surface area contributed by atoms with Gasteiger partial charge in [-0.3, -0.25) is 24.0 Å². The molecule has 0 saturated carbocycles. The Morgan fingerprint density at radius 3 is 0.676 bits per heavy atom. The van der Waals surface area contributed by atoms with Gasteiger partial charge in [0.15, 0.2) is 0 Å². The number of benzene rings is 5. The standard InChI is InChI=1S/C35H62O3.C29H50O3.C27H46O3.C25H42O3.C17H26O3/c1-8-9-10-11-12-13-14-15-16-17-18-19-20-21-22-23-24-29(33(37)38)25-28-26-30(34(2,3)4)32(36)31(27-28)35(5,6)7;1-8-9-10-11-12-13-14-15-16-17-20-32-26(30)19-18-23-21-24(28(2,3)4)27(31)25(22-23)29(5,6)7;1-9-11-12-13-14-15-20(16-17-30-24(28)10-2)21-18-22(26(3,4)5)25(29)23(19-21)27(6,7)8;1-9-11-12-13-18(14-15-28-22(26)10-2)19-16-20(24(3,4)5)23(27)21(17-19)25(6,7)8;1-16(2,3)12-9-11(7-8-14(18)19)10-13(15(12)20)17(4,5)6/h26-27,29,36H,8-25H2,1-7H3,(H,37,38);21-22,31H,8-20H2,1-7H3;18-20,29H,9-17H2,1-8H3;16-18,27H,9-15H2,1-8H3;9-10,20H,7-8H2,1-6H3,(H,18,19). The van der Waals surface area contributed by atoms with Crippen molar-refractivity contribution in [2.24, 2.45) is 5.92 Å². The van der Waals surface area contributed by atoms with E-state index in [0.717, 1.165) is 130 Å². The maximum Gasteiger partial charge on any atom is 0.306 e. The van der Waals surface area contributed by atoms with Gasteiger partial charge in [0.2, 0.25) is 0 Å². The van der Waals surface area contributed by atoms with E-state index >= 15 is 0 Å². The normalized spacial score (nSPS) is 12.9. The molecule has 0 amide bonds. The average molecular weight is 2070 g/mol. The van der Waals surface area contributed by atoms with Gasteiger partial charge in [-0.1, -0.05) is 522 Å². The van der Waals surface area contributed by atoms with E-state index in [9.17, 15) is 54.6 Å². The molecule has 0 aliphatic carbocycles. The van der Waals surface area contributed by atoms with Crippen molar-refractivity contribution in [2.45, 2.75) is 611 Å². The summed E-state index contributed by atoms with van der Waals surface area (Å²) >= 11 is 0. The summed E-state index contributed by atoms with van der Waals surface area (Å²) in [6, 6.07) is 20.8. The Hall–Kier alpha value is -7.55. The maximum atomic E-state index is 12.2. The molecule has 0 saturated heterocycles. The fourth-order valence-corrected chi connectivity index (χ4v) is 19.3. The zero-order chi connectivity index (χ0) is 113. The van der Waals surface area contributed by atoms with Crippen LogP contribution in [0.25, 0.3) is 0 Å². The van der Waals surface area contributed by atoms with Crippen LogP contribution in [0.2, 0.25) is 0 Å². The van der Waals surface area contributed by atoms with Crippen LogP contribution in [0.1, 0.15) is 621 Å². The molecule has 15 nitrogen and oxygen atoms in total. The van der Waals surface area contributed by atoms with E-state index in [1.165, 1.54) is 204 Å². The monoisotopic (exact) mass is 2060 g/mol. The zero-order valence-electron chi connectivity index (χ0n) is 102. The van der Waals surface area contributed by atoms with Gasteiger partial charge in [-0.15, -0.1) is 0 Å². The number of hydrogen-bond donors (Lipinski definition) is 7. The predicted octanol–water partition coefficient (Wildman–Crippen LogP) is 38.0. The van der Waals surface area contributed by atoms with Crippen molar-refractivity contribution in [1.82, 2.24) is 0 Å². The lowest BCUT2D eigenvalue weighted by molar-refractivity contribution is -0.144. The smallest absolute Gasteiger partial charge is 0.306 e. The number of aromatic hydroxyl groups is 5. The summed E-state index contributed by atoms with van der Waals surface area (Å²) < 4.78 is 16.3. The Morgan fingerprint density at radius 1 is 0.236 bits per heavy atom. The molecule has 5 aromatic rings. The second-order valence-corrected chi connectivity index (χ2v) is 53.5. The summed E-state index contributed by atoms with van der Waals surface area (Å²) in [5.41, 5.74) is 13.5. The highest BCUT2D eigenvalue weighted by atomic mass is 16.5. The molecule has 0 radical (unpaired) electrons. The molecule has 3 atom stereocenters. The van der Waals surface area contributed by atoms with Crippen LogP contribution in [-0.2, 0) is 112 Å². The van der Waals surface area contributed by atoms with Gasteiger partial charge in [0.1, 0.15) is 28.7 Å². The van der Waals surface area contributed by atoms with Gasteiger partial charge >= 0.3 is 29.8 Å². The third kappa shape index (κ3) is 55.3. The number of esters is 3. The first-order chi connectivity index (χ1) is 68.6. The predicted molar refractivity (Wildman–Crippen MR) is 628 cm³/mol. The van der Waals surface area contributed by atoms with Crippen LogP contribution < -0.4 is 0 Å². The second-order valence-electron chi connectivity index (χ2n) is 53.5. The minimum absolute atomic E-state index is 0.109. The van der Waals surface area contributed by atoms with E-state index in [-0.39, 0.29) is 84.4 Å². The summed E-state index contributed by atoms with van der Waals surface area (Å²) in [4.78, 5) is 58.2. The molecule has 848 valence electrons. The maximum absolute atomic E-state index is 12.2. The number of rotatable bonds is 57. The SMILES string of the molecule is CC(C)(C)c1cc(CCC(=O)O)cc(C(C)(C)C)c1O.CCCCCC(CCOC(=O)CC)c1cc(C(C)(C)C)c(O)c(C(C)(C)C)c1.CCCCCCCC(CCOC(=O)CC)c1cc(C(C)(C)C)c(O)c(C(C)(C)C)c1.CCCCCCCCCCCCCCCCCCC(Cc1cc(C(C)(C)C)c(O)c(C(C)(C)C)c1)C(=O)O.CCCCCCCCCCCCOC(=O)CCc1cc(C(C)(C)C)c(O)c(C(C)(C)C)c1. The first-order valence-corrected chi connectivity index (χ1v) is 58.9. The van der Waals surface area contributed by atoms with Crippen molar-refractivity contribution in [3.63, 3.8) is 0 Å². The van der Waals surface area contributed by atoms with E-state index < -0.39 is 11.9 Å². The zero-order valence-corrected chi connectivity index (χ0v) is 102. The molecule has 148 heavy (non-hydrogen) atoms. The minimum Gasteiger partial charge on any atom is -0.507 e. The van der Waals surface area contributed by atoms with Crippen molar-refractivity contribution in [2.75, 3.05) is 19.8 Å². The Labute approximate surface area is 907 Å². The summed E-state index contributed by atoms with van der Waals surface area (Å²) in [6.45, 7) is 77.5. The van der Waals surface area contributed by atoms with Crippen LogP contribution in [0.4, 0.5) is 0 Å². The highest BCUT2D eigenvalue weighted by Gasteiger charge is 2.35. The van der Waals surface area contributed by atoms with Crippen LogP contribution in [0.15, 0.2) is 60.7 Å². The van der Waals surface area contributed by atoms with E-state index in [0.29, 0.717) is 98.9 Å². The van der Waals surface area contributed by atoms with Gasteiger partial charge in [0, 0.05) is 25.7 Å². The Morgan fingerprint density at radius 2 is 0.439 bits per heavy atom. The molecule has 0 aliphatic rings. The third-order valence-electron chi connectivity index (χ3n) is 28.9. The van der Waals surface area contributed by atoms with Gasteiger partial charge < -0.3 is 50.0 Å². The number of carboxylic acids is 2. The van der Waals surface area contributed by atoms with Crippen molar-refractivity contribution < 1.29 is 73.9 Å². The number of phenolic OH excluding ortho intramolecular Hbond substituents is 5. The number of hydrogen-bond acceptors (Lipinski definition) is 13.